The molecule has 0 radical (unpaired) electrons. The summed E-state index contributed by atoms with van der Waals surface area (Å²) < 4.78 is 5.84. The van der Waals surface area contributed by atoms with Gasteiger partial charge in [-0.15, -0.1) is 0 Å². The van der Waals surface area contributed by atoms with Crippen molar-refractivity contribution < 1.29 is 14.3 Å². The second-order valence-electron chi connectivity index (χ2n) is 8.27. The highest BCUT2D eigenvalue weighted by molar-refractivity contribution is 6.31. The second kappa shape index (κ2) is 10.7. The third-order valence-electron chi connectivity index (χ3n) is 6.07. The summed E-state index contributed by atoms with van der Waals surface area (Å²) in [7, 11) is 0. The largest absolute Gasteiger partial charge is 0.483 e. The van der Waals surface area contributed by atoms with Crippen molar-refractivity contribution in [3.05, 3.63) is 64.2 Å². The summed E-state index contributed by atoms with van der Waals surface area (Å²) in [6, 6.07) is 12.7. The Morgan fingerprint density at radius 2 is 1.84 bits per heavy atom. The van der Waals surface area contributed by atoms with Crippen LogP contribution in [0.2, 0.25) is 5.02 Å². The molecule has 1 aliphatic rings. The van der Waals surface area contributed by atoms with Crippen molar-refractivity contribution in [2.24, 2.45) is 0 Å². The van der Waals surface area contributed by atoms with Gasteiger partial charge in [0.25, 0.3) is 5.91 Å². The van der Waals surface area contributed by atoms with E-state index in [1.54, 1.807) is 17.9 Å². The number of nitrogens with zero attached hydrogens (tertiary/aromatic N) is 1. The maximum atomic E-state index is 13.2. The van der Waals surface area contributed by atoms with Crippen molar-refractivity contribution in [2.75, 3.05) is 6.61 Å². The van der Waals surface area contributed by atoms with E-state index in [-0.39, 0.29) is 31.0 Å². The number of hydrogen-bond donors (Lipinski definition) is 1. The van der Waals surface area contributed by atoms with Crippen molar-refractivity contribution in [1.29, 1.82) is 0 Å². The lowest BCUT2D eigenvalue weighted by Crippen LogP contribution is -2.50. The van der Waals surface area contributed by atoms with Crippen LogP contribution in [0.25, 0.3) is 0 Å². The van der Waals surface area contributed by atoms with Crippen molar-refractivity contribution in [3.8, 4) is 5.75 Å². The lowest BCUT2D eigenvalue weighted by molar-refractivity contribution is -0.142. The van der Waals surface area contributed by atoms with Crippen LogP contribution >= 0.6 is 11.6 Å². The van der Waals surface area contributed by atoms with Crippen molar-refractivity contribution in [3.63, 3.8) is 0 Å². The van der Waals surface area contributed by atoms with Gasteiger partial charge in [0, 0.05) is 17.6 Å². The van der Waals surface area contributed by atoms with Crippen LogP contribution < -0.4 is 10.1 Å². The van der Waals surface area contributed by atoms with Gasteiger partial charge in [-0.3, -0.25) is 9.59 Å². The van der Waals surface area contributed by atoms with E-state index in [0.29, 0.717) is 10.8 Å². The molecule has 2 aromatic carbocycles. The van der Waals surface area contributed by atoms with E-state index >= 15 is 0 Å². The average Bonchev–Trinajstić information content (AvgIpc) is 3.26. The maximum Gasteiger partial charge on any atom is 0.261 e. The summed E-state index contributed by atoms with van der Waals surface area (Å²) in [6.45, 7) is 5.83. The molecule has 0 bridgehead atoms. The number of hydrogen-bond acceptors (Lipinski definition) is 3. The van der Waals surface area contributed by atoms with Gasteiger partial charge in [-0.05, 0) is 62.4 Å². The first-order valence-corrected chi connectivity index (χ1v) is 11.3. The van der Waals surface area contributed by atoms with Crippen LogP contribution in [0.5, 0.6) is 5.75 Å². The minimum absolute atomic E-state index is 0.140. The highest BCUT2D eigenvalue weighted by Gasteiger charge is 2.29. The number of aryl methyl sites for hydroxylation is 1. The molecule has 6 heteroatoms. The van der Waals surface area contributed by atoms with Crippen LogP contribution in [0, 0.1) is 13.8 Å². The van der Waals surface area contributed by atoms with Gasteiger partial charge in [0.2, 0.25) is 5.91 Å². The number of amides is 2. The summed E-state index contributed by atoms with van der Waals surface area (Å²) in [5, 5.41) is 3.67. The van der Waals surface area contributed by atoms with Crippen LogP contribution in [0.15, 0.2) is 42.5 Å². The lowest BCUT2D eigenvalue weighted by Gasteiger charge is -2.30. The van der Waals surface area contributed by atoms with Gasteiger partial charge in [0.1, 0.15) is 11.8 Å². The zero-order valence-corrected chi connectivity index (χ0v) is 19.2. The van der Waals surface area contributed by atoms with E-state index in [4.69, 9.17) is 16.3 Å². The van der Waals surface area contributed by atoms with Gasteiger partial charge < -0.3 is 15.0 Å². The van der Waals surface area contributed by atoms with E-state index in [0.717, 1.165) is 42.4 Å². The van der Waals surface area contributed by atoms with E-state index in [1.807, 2.05) is 50.2 Å². The molecule has 1 fully saturated rings. The zero-order chi connectivity index (χ0) is 22.4. The third kappa shape index (κ3) is 6.01. The van der Waals surface area contributed by atoms with Crippen LogP contribution in [-0.4, -0.2) is 35.4 Å². The zero-order valence-electron chi connectivity index (χ0n) is 18.5. The molecule has 2 amide bonds. The first kappa shape index (κ1) is 23.1. The molecular weight excluding hydrogens is 412 g/mol. The average molecular weight is 443 g/mol. The molecular formula is C25H31ClN2O3. The Labute approximate surface area is 189 Å². The van der Waals surface area contributed by atoms with Gasteiger partial charge in [-0.2, -0.15) is 0 Å². The third-order valence-corrected chi connectivity index (χ3v) is 6.44. The fraction of sp³-hybridized carbons (Fsp3) is 0.440. The molecule has 0 spiro atoms. The summed E-state index contributed by atoms with van der Waals surface area (Å²) in [6.07, 6.45) is 4.25. The summed E-state index contributed by atoms with van der Waals surface area (Å²) in [5.41, 5.74) is 2.90. The molecule has 0 aromatic heterocycles. The van der Waals surface area contributed by atoms with Crippen molar-refractivity contribution in [1.82, 2.24) is 10.2 Å². The summed E-state index contributed by atoms with van der Waals surface area (Å²) in [4.78, 5) is 27.7. The van der Waals surface area contributed by atoms with Crippen molar-refractivity contribution in [2.45, 2.75) is 65.1 Å². The van der Waals surface area contributed by atoms with Crippen LogP contribution in [0.1, 0.15) is 49.3 Å². The number of halogens is 1. The first-order chi connectivity index (χ1) is 14.9. The maximum absolute atomic E-state index is 13.2. The monoisotopic (exact) mass is 442 g/mol. The van der Waals surface area contributed by atoms with E-state index in [1.165, 1.54) is 0 Å². The summed E-state index contributed by atoms with van der Waals surface area (Å²) in [5.74, 6) is 0.281. The van der Waals surface area contributed by atoms with Gasteiger partial charge in [-0.25, -0.2) is 0 Å². The Balaban J connectivity index is 1.75. The molecule has 1 saturated carbocycles. The lowest BCUT2D eigenvalue weighted by atomic mass is 10.1. The van der Waals surface area contributed by atoms with Crippen LogP contribution in [0.3, 0.4) is 0 Å². The minimum atomic E-state index is -0.633. The molecule has 0 unspecified atom stereocenters. The quantitative estimate of drug-likeness (QED) is 0.638. The molecule has 1 aliphatic carbocycles. The fourth-order valence-electron chi connectivity index (χ4n) is 3.89. The molecule has 0 heterocycles. The Bertz CT molecular complexity index is 925. The SMILES string of the molecule is Cc1cccc(OCC(=O)N(Cc2ccccc2Cl)[C@@H](C)C(=O)NC2CCCC2)c1C. The molecule has 2 aromatic rings. The molecule has 166 valence electrons. The van der Waals surface area contributed by atoms with E-state index < -0.39 is 6.04 Å². The van der Waals surface area contributed by atoms with Crippen LogP contribution in [-0.2, 0) is 16.1 Å². The molecule has 3 rings (SSSR count). The highest BCUT2D eigenvalue weighted by atomic mass is 35.5. The molecule has 1 atom stereocenters. The number of carbonyl (C=O) groups is 2. The topological polar surface area (TPSA) is 58.6 Å². The predicted molar refractivity (Wildman–Crippen MR) is 123 cm³/mol. The standard InChI is InChI=1S/C25H31ClN2O3/c1-17-9-8-14-23(18(17)2)31-16-24(29)28(15-20-10-4-7-13-22(20)26)19(3)25(30)27-21-11-5-6-12-21/h4,7-10,13-14,19,21H,5-6,11-12,15-16H2,1-3H3,(H,27,30)/t19-/m0/s1. The smallest absolute Gasteiger partial charge is 0.261 e. The second-order valence-corrected chi connectivity index (χ2v) is 8.67. The van der Waals surface area contributed by atoms with Gasteiger partial charge in [-0.1, -0.05) is 54.8 Å². The Morgan fingerprint density at radius 1 is 1.13 bits per heavy atom. The van der Waals surface area contributed by atoms with Gasteiger partial charge in [0.05, 0.1) is 0 Å². The number of nitrogens with one attached hydrogen (secondary N) is 1. The fourth-order valence-corrected chi connectivity index (χ4v) is 4.08. The minimum Gasteiger partial charge on any atom is -0.483 e. The Kier molecular flexibility index (Phi) is 7.97. The van der Waals surface area contributed by atoms with Gasteiger partial charge in [0.15, 0.2) is 6.61 Å². The highest BCUT2D eigenvalue weighted by Crippen LogP contribution is 2.23. The number of ether oxygens (including phenoxy) is 1. The van der Waals surface area contributed by atoms with Crippen LogP contribution in [0.4, 0.5) is 0 Å². The Hall–Kier alpha value is -2.53. The molecule has 31 heavy (non-hydrogen) atoms. The molecule has 0 aliphatic heterocycles. The predicted octanol–water partition coefficient (Wildman–Crippen LogP) is 4.81. The molecule has 0 saturated heterocycles. The van der Waals surface area contributed by atoms with E-state index in [9.17, 15) is 9.59 Å². The van der Waals surface area contributed by atoms with E-state index in [2.05, 4.69) is 5.32 Å². The first-order valence-electron chi connectivity index (χ1n) is 10.9. The van der Waals surface area contributed by atoms with Crippen molar-refractivity contribution >= 4 is 23.4 Å². The number of benzene rings is 2. The number of rotatable bonds is 8. The van der Waals surface area contributed by atoms with Gasteiger partial charge >= 0.3 is 0 Å². The summed E-state index contributed by atoms with van der Waals surface area (Å²) >= 11 is 6.34. The molecule has 5 nitrogen and oxygen atoms in total. The molecule has 1 N–H and O–H groups in total. The normalized spacial score (nSPS) is 14.8. The Morgan fingerprint density at radius 3 is 2.55 bits per heavy atom. The number of carbonyl (C=O) groups excluding carboxylic acids is 2.